The van der Waals surface area contributed by atoms with Crippen molar-refractivity contribution in [3.05, 3.63) is 161 Å². The second kappa shape index (κ2) is 23.8. The third-order valence-electron chi connectivity index (χ3n) is 10.5. The number of rotatable bonds is 15. The molecular formula is C54H54O12. The number of benzene rings is 6. The van der Waals surface area contributed by atoms with Gasteiger partial charge in [-0.3, -0.25) is 0 Å². The van der Waals surface area contributed by atoms with E-state index in [-0.39, 0.29) is 79.3 Å². The fourth-order valence-electron chi connectivity index (χ4n) is 7.67. The zero-order valence-electron chi connectivity index (χ0n) is 37.5. The second-order valence-electron chi connectivity index (χ2n) is 15.2. The average Bonchev–Trinajstić information content (AvgIpc) is 3.33. The van der Waals surface area contributed by atoms with Crippen LogP contribution in [-0.2, 0) is 82.4 Å². The fourth-order valence-corrected chi connectivity index (χ4v) is 7.67. The van der Waals surface area contributed by atoms with E-state index < -0.39 is 17.9 Å². The molecule has 1 aliphatic rings. The molecule has 6 aromatic rings. The van der Waals surface area contributed by atoms with Crippen LogP contribution in [0, 0.1) is 0 Å². The lowest BCUT2D eigenvalue weighted by atomic mass is 9.98. The van der Waals surface area contributed by atoms with Crippen molar-refractivity contribution in [3.63, 3.8) is 0 Å². The van der Waals surface area contributed by atoms with Gasteiger partial charge in [0.05, 0.1) is 59.5 Å². The monoisotopic (exact) mass is 894 g/mol. The standard InChI is InChI=1S/C54H54O12/c1-4-61-49(55)34-64-52-43-22-40(37-16-10-7-11-17-37)23-44(52)29-59-31-46-25-42(39-20-14-9-15-21-39)27-48(54(46)66-36-51(57)63-6-3)33-60-32-47-26-41(38-18-12-8-13-19-38)24-45(30-58-28-43)53(47)65-35-50(56)62-5-2/h7-27H,4-6,28-36H2,1-3H3. The van der Waals surface area contributed by atoms with Crippen LogP contribution in [0.1, 0.15) is 54.2 Å². The number of carbonyl (C=O) groups excluding carboxylic acids is 3. The largest absolute Gasteiger partial charge is 0.481 e. The van der Waals surface area contributed by atoms with E-state index in [9.17, 15) is 14.4 Å². The summed E-state index contributed by atoms with van der Waals surface area (Å²) < 4.78 is 54.4. The average molecular weight is 895 g/mol. The molecule has 0 saturated carbocycles. The van der Waals surface area contributed by atoms with Crippen LogP contribution in [0.5, 0.6) is 17.2 Å². The maximum absolute atomic E-state index is 12.8. The van der Waals surface area contributed by atoms with Gasteiger partial charge in [-0.2, -0.15) is 0 Å². The first-order valence-electron chi connectivity index (χ1n) is 22.1. The Kier molecular flexibility index (Phi) is 16.9. The molecule has 66 heavy (non-hydrogen) atoms. The van der Waals surface area contributed by atoms with Crippen LogP contribution in [0.15, 0.2) is 127 Å². The zero-order valence-corrected chi connectivity index (χ0v) is 37.5. The molecule has 0 radical (unpaired) electrons. The molecule has 0 atom stereocenters. The lowest BCUT2D eigenvalue weighted by Crippen LogP contribution is -2.17. The molecule has 1 heterocycles. The summed E-state index contributed by atoms with van der Waals surface area (Å²) in [6, 6.07) is 41.6. The number of ether oxygens (including phenoxy) is 9. The van der Waals surface area contributed by atoms with Gasteiger partial charge in [-0.1, -0.05) is 91.0 Å². The van der Waals surface area contributed by atoms with Gasteiger partial charge in [0.1, 0.15) is 17.2 Å². The predicted octanol–water partition coefficient (Wildman–Crippen LogP) is 9.98. The van der Waals surface area contributed by atoms with Gasteiger partial charge in [-0.05, 0) is 90.6 Å². The lowest BCUT2D eigenvalue weighted by molar-refractivity contribution is -0.146. The molecule has 7 rings (SSSR count). The van der Waals surface area contributed by atoms with E-state index in [0.29, 0.717) is 50.6 Å². The maximum Gasteiger partial charge on any atom is 0.344 e. The molecular weight excluding hydrogens is 841 g/mol. The molecule has 0 fully saturated rings. The van der Waals surface area contributed by atoms with Crippen LogP contribution in [-0.4, -0.2) is 57.5 Å². The molecule has 6 bridgehead atoms. The quantitative estimate of drug-likeness (QED) is 0.0718. The summed E-state index contributed by atoms with van der Waals surface area (Å²) in [5.41, 5.74) is 9.41. The highest BCUT2D eigenvalue weighted by atomic mass is 16.6. The minimum atomic E-state index is -0.526. The maximum atomic E-state index is 12.8. The Morgan fingerprint density at radius 1 is 0.364 bits per heavy atom. The molecule has 0 spiro atoms. The van der Waals surface area contributed by atoms with Crippen LogP contribution in [0.3, 0.4) is 0 Å². The van der Waals surface area contributed by atoms with Gasteiger partial charge >= 0.3 is 17.9 Å². The van der Waals surface area contributed by atoms with E-state index in [1.807, 2.05) is 127 Å². The summed E-state index contributed by atoms with van der Waals surface area (Å²) >= 11 is 0. The summed E-state index contributed by atoms with van der Waals surface area (Å²) in [7, 11) is 0. The Labute approximate surface area is 385 Å². The molecule has 6 aromatic carbocycles. The van der Waals surface area contributed by atoms with Gasteiger partial charge in [0, 0.05) is 33.4 Å². The van der Waals surface area contributed by atoms with Crippen molar-refractivity contribution in [1.82, 2.24) is 0 Å². The van der Waals surface area contributed by atoms with Crippen molar-refractivity contribution in [1.29, 1.82) is 0 Å². The minimum absolute atomic E-state index is 0.0544. The van der Waals surface area contributed by atoms with Gasteiger partial charge < -0.3 is 42.6 Å². The van der Waals surface area contributed by atoms with E-state index in [0.717, 1.165) is 33.4 Å². The molecule has 342 valence electrons. The van der Waals surface area contributed by atoms with Crippen LogP contribution >= 0.6 is 0 Å². The molecule has 0 aliphatic carbocycles. The summed E-state index contributed by atoms with van der Waals surface area (Å²) in [6.07, 6.45) is 0. The highest BCUT2D eigenvalue weighted by molar-refractivity contribution is 5.74. The first-order valence-corrected chi connectivity index (χ1v) is 22.1. The van der Waals surface area contributed by atoms with Gasteiger partial charge in [0.25, 0.3) is 0 Å². The Hall–Kier alpha value is -6.99. The van der Waals surface area contributed by atoms with E-state index in [1.165, 1.54) is 0 Å². The molecule has 0 unspecified atom stereocenters. The Bertz CT molecular complexity index is 2200. The minimum Gasteiger partial charge on any atom is -0.481 e. The van der Waals surface area contributed by atoms with Crippen LogP contribution in [0.4, 0.5) is 0 Å². The van der Waals surface area contributed by atoms with Crippen molar-refractivity contribution in [3.8, 4) is 50.6 Å². The lowest BCUT2D eigenvalue weighted by Gasteiger charge is -2.22. The third-order valence-corrected chi connectivity index (χ3v) is 10.5. The van der Waals surface area contributed by atoms with Gasteiger partial charge in [-0.15, -0.1) is 0 Å². The van der Waals surface area contributed by atoms with Crippen molar-refractivity contribution in [2.24, 2.45) is 0 Å². The van der Waals surface area contributed by atoms with Crippen LogP contribution in [0.2, 0.25) is 0 Å². The van der Waals surface area contributed by atoms with Crippen molar-refractivity contribution in [2.45, 2.75) is 60.4 Å². The molecule has 0 saturated heterocycles. The smallest absolute Gasteiger partial charge is 0.344 e. The first kappa shape index (κ1) is 47.0. The molecule has 0 amide bonds. The third kappa shape index (κ3) is 12.6. The highest BCUT2D eigenvalue weighted by Gasteiger charge is 2.22. The molecule has 12 nitrogen and oxygen atoms in total. The van der Waals surface area contributed by atoms with Crippen LogP contribution < -0.4 is 14.2 Å². The van der Waals surface area contributed by atoms with E-state index in [4.69, 9.17) is 42.6 Å². The Balaban J connectivity index is 1.41. The Morgan fingerprint density at radius 2 is 0.591 bits per heavy atom. The van der Waals surface area contributed by atoms with Crippen molar-refractivity contribution < 1.29 is 57.0 Å². The summed E-state index contributed by atoms with van der Waals surface area (Å²) in [6.45, 7) is 5.09. The molecule has 0 N–H and O–H groups in total. The predicted molar refractivity (Wildman–Crippen MR) is 247 cm³/mol. The van der Waals surface area contributed by atoms with Crippen molar-refractivity contribution in [2.75, 3.05) is 39.6 Å². The molecule has 12 heteroatoms. The SMILES string of the molecule is CCOC(=O)COc1c2cc(-c3ccccc3)cc1COCc1cc(-c3ccccc3)cc(c1OCC(=O)OCC)COCc1cc(-c3ccccc3)cc(c1OCC(=O)OCC)COC2. The number of esters is 3. The number of fused-ring (bicyclic) bond motifs is 6. The van der Waals surface area contributed by atoms with Gasteiger partial charge in [0.2, 0.25) is 0 Å². The molecule has 1 aliphatic heterocycles. The fraction of sp³-hybridized carbons (Fsp3) is 0.278. The second-order valence-corrected chi connectivity index (χ2v) is 15.2. The van der Waals surface area contributed by atoms with E-state index in [2.05, 4.69) is 0 Å². The van der Waals surface area contributed by atoms with Crippen LogP contribution in [0.25, 0.3) is 33.4 Å². The Morgan fingerprint density at radius 3 is 0.803 bits per heavy atom. The normalized spacial score (nSPS) is 12.8. The number of carbonyl (C=O) groups is 3. The van der Waals surface area contributed by atoms with E-state index >= 15 is 0 Å². The van der Waals surface area contributed by atoms with Gasteiger partial charge in [-0.25, -0.2) is 14.4 Å². The highest BCUT2D eigenvalue weighted by Crippen LogP contribution is 2.38. The number of hydrogen-bond donors (Lipinski definition) is 0. The zero-order chi connectivity index (χ0) is 46.1. The topological polar surface area (TPSA) is 134 Å². The molecule has 0 aromatic heterocycles. The summed E-state index contributed by atoms with van der Waals surface area (Å²) in [5, 5.41) is 0. The van der Waals surface area contributed by atoms with E-state index in [1.54, 1.807) is 20.8 Å². The summed E-state index contributed by atoms with van der Waals surface area (Å²) in [5.74, 6) is -0.348. The first-order chi connectivity index (χ1) is 32.3. The van der Waals surface area contributed by atoms with Gasteiger partial charge in [0.15, 0.2) is 19.8 Å². The number of hydrogen-bond acceptors (Lipinski definition) is 12. The summed E-state index contributed by atoms with van der Waals surface area (Å²) in [4.78, 5) is 38.4. The van der Waals surface area contributed by atoms with Crippen molar-refractivity contribution >= 4 is 17.9 Å².